The van der Waals surface area contributed by atoms with E-state index in [0.29, 0.717) is 6.42 Å². The molecule has 1 amide bonds. The van der Waals surface area contributed by atoms with Crippen LogP contribution in [-0.2, 0) is 11.3 Å². The molecule has 5 heteroatoms. The Bertz CT molecular complexity index is 652. The summed E-state index contributed by atoms with van der Waals surface area (Å²) in [5, 5.41) is 0. The largest absolute Gasteiger partial charge is 0.338 e. The molecule has 23 heavy (non-hydrogen) atoms. The lowest BCUT2D eigenvalue weighted by molar-refractivity contribution is -0.132. The molecule has 0 aliphatic carbocycles. The number of aromatic nitrogens is 2. The first-order valence-corrected chi connectivity index (χ1v) is 8.23. The van der Waals surface area contributed by atoms with Crippen LogP contribution in [0.3, 0.4) is 0 Å². The lowest BCUT2D eigenvalue weighted by Gasteiger charge is -2.26. The van der Waals surface area contributed by atoms with Crippen molar-refractivity contribution in [1.82, 2.24) is 14.5 Å². The minimum absolute atomic E-state index is 0.154. The van der Waals surface area contributed by atoms with Crippen molar-refractivity contribution in [2.45, 2.75) is 44.8 Å². The maximum Gasteiger partial charge on any atom is 0.224 e. The van der Waals surface area contributed by atoms with Crippen molar-refractivity contribution in [3.05, 3.63) is 54.1 Å². The quantitative estimate of drug-likeness (QED) is 0.921. The molecule has 0 saturated carbocycles. The number of benzene rings is 1. The van der Waals surface area contributed by atoms with Crippen LogP contribution in [0.2, 0.25) is 0 Å². The highest BCUT2D eigenvalue weighted by molar-refractivity contribution is 5.77. The summed E-state index contributed by atoms with van der Waals surface area (Å²) < 4.78 is 2.12. The molecule has 0 bridgehead atoms. The Labute approximate surface area is 137 Å². The molecule has 0 spiro atoms. The van der Waals surface area contributed by atoms with Gasteiger partial charge in [-0.25, -0.2) is 4.98 Å². The Morgan fingerprint density at radius 3 is 2.87 bits per heavy atom. The number of carbonyl (C=O) groups is 1. The number of rotatable bonds is 5. The molecule has 1 aromatic heterocycles. The fraction of sp³-hybridized carbons (Fsp3) is 0.444. The van der Waals surface area contributed by atoms with E-state index in [-0.39, 0.29) is 18.0 Å². The van der Waals surface area contributed by atoms with Crippen LogP contribution in [0.1, 0.15) is 36.7 Å². The summed E-state index contributed by atoms with van der Waals surface area (Å²) in [5.41, 5.74) is 7.22. The van der Waals surface area contributed by atoms with Crippen molar-refractivity contribution in [2.24, 2.45) is 5.73 Å². The van der Waals surface area contributed by atoms with Crippen molar-refractivity contribution in [3.63, 3.8) is 0 Å². The van der Waals surface area contributed by atoms with Crippen molar-refractivity contribution >= 4 is 5.91 Å². The summed E-state index contributed by atoms with van der Waals surface area (Å²) in [6, 6.07) is 9.85. The van der Waals surface area contributed by atoms with Crippen LogP contribution in [0.4, 0.5) is 0 Å². The van der Waals surface area contributed by atoms with E-state index in [2.05, 4.69) is 9.55 Å². The molecule has 2 atom stereocenters. The molecule has 0 radical (unpaired) electrons. The highest BCUT2D eigenvalue weighted by Crippen LogP contribution is 2.23. The first kappa shape index (κ1) is 15.7. The summed E-state index contributed by atoms with van der Waals surface area (Å²) >= 11 is 0. The Hall–Kier alpha value is -2.14. The normalized spacial score (nSPS) is 19.0. The van der Waals surface area contributed by atoms with Crippen LogP contribution < -0.4 is 5.73 Å². The van der Waals surface area contributed by atoms with E-state index in [9.17, 15) is 4.79 Å². The summed E-state index contributed by atoms with van der Waals surface area (Å²) in [6.07, 6.45) is 6.26. The first-order chi connectivity index (χ1) is 11.1. The fourth-order valence-corrected chi connectivity index (χ4v) is 3.30. The second-order valence-electron chi connectivity index (χ2n) is 6.23. The summed E-state index contributed by atoms with van der Waals surface area (Å²) in [5.74, 6) is 1.15. The second kappa shape index (κ2) is 6.96. The summed E-state index contributed by atoms with van der Waals surface area (Å²) in [6.45, 7) is 3.64. The van der Waals surface area contributed by atoms with Crippen LogP contribution in [0.15, 0.2) is 42.7 Å². The van der Waals surface area contributed by atoms with Gasteiger partial charge in [0.15, 0.2) is 0 Å². The van der Waals surface area contributed by atoms with Gasteiger partial charge in [-0.05, 0) is 25.3 Å². The average Bonchev–Trinajstić information content (AvgIpc) is 3.18. The molecule has 1 aliphatic heterocycles. The number of carbonyl (C=O) groups excluding carboxylic acids is 1. The van der Waals surface area contributed by atoms with Gasteiger partial charge in [0.25, 0.3) is 0 Å². The van der Waals surface area contributed by atoms with Crippen LogP contribution in [0.5, 0.6) is 0 Å². The molecule has 122 valence electrons. The minimum Gasteiger partial charge on any atom is -0.338 e. The van der Waals surface area contributed by atoms with Crippen molar-refractivity contribution < 1.29 is 4.79 Å². The zero-order chi connectivity index (χ0) is 16.2. The molecule has 2 heterocycles. The average molecular weight is 312 g/mol. The fourth-order valence-electron chi connectivity index (χ4n) is 3.30. The highest BCUT2D eigenvalue weighted by Gasteiger charge is 2.30. The van der Waals surface area contributed by atoms with E-state index >= 15 is 0 Å². The van der Waals surface area contributed by atoms with E-state index in [1.165, 1.54) is 0 Å². The molecule has 2 aromatic rings. The van der Waals surface area contributed by atoms with Gasteiger partial charge in [-0.1, -0.05) is 30.3 Å². The first-order valence-electron chi connectivity index (χ1n) is 8.23. The summed E-state index contributed by atoms with van der Waals surface area (Å²) in [4.78, 5) is 18.9. The van der Waals surface area contributed by atoms with E-state index in [0.717, 1.165) is 37.3 Å². The van der Waals surface area contributed by atoms with Crippen LogP contribution >= 0.6 is 0 Å². The van der Waals surface area contributed by atoms with Gasteiger partial charge in [-0.2, -0.15) is 0 Å². The maximum absolute atomic E-state index is 12.7. The van der Waals surface area contributed by atoms with Gasteiger partial charge >= 0.3 is 0 Å². The maximum atomic E-state index is 12.7. The van der Waals surface area contributed by atoms with Crippen molar-refractivity contribution in [1.29, 1.82) is 0 Å². The monoisotopic (exact) mass is 312 g/mol. The molecule has 2 N–H and O–H groups in total. The van der Waals surface area contributed by atoms with E-state index < -0.39 is 0 Å². The number of hydrogen-bond acceptors (Lipinski definition) is 3. The van der Waals surface area contributed by atoms with Crippen molar-refractivity contribution in [2.75, 3.05) is 6.54 Å². The third-order valence-corrected chi connectivity index (χ3v) is 4.65. The predicted molar refractivity (Wildman–Crippen MR) is 89.7 cm³/mol. The lowest BCUT2D eigenvalue weighted by atomic mass is 10.0. The third kappa shape index (κ3) is 3.62. The highest BCUT2D eigenvalue weighted by atomic mass is 16.2. The van der Waals surface area contributed by atoms with Gasteiger partial charge in [-0.3, -0.25) is 4.79 Å². The molecule has 2 unspecified atom stereocenters. The molecule has 3 rings (SSSR count). The standard InChI is InChI=1S/C18H24N4O/c1-14-20-9-11-21(14)13-16-8-5-10-22(16)18(23)12-17(19)15-6-3-2-4-7-15/h2-4,6-7,9,11,16-17H,5,8,10,12-13,19H2,1H3. The minimum atomic E-state index is -0.236. The number of imidazole rings is 1. The molecule has 5 nitrogen and oxygen atoms in total. The zero-order valence-electron chi connectivity index (χ0n) is 13.6. The number of aryl methyl sites for hydroxylation is 1. The van der Waals surface area contributed by atoms with Crippen LogP contribution in [0.25, 0.3) is 0 Å². The Morgan fingerprint density at radius 2 is 2.17 bits per heavy atom. The molecule has 1 aromatic carbocycles. The number of likely N-dealkylation sites (tertiary alicyclic amines) is 1. The van der Waals surface area contributed by atoms with Crippen LogP contribution in [-0.4, -0.2) is 32.9 Å². The summed E-state index contributed by atoms with van der Waals surface area (Å²) in [7, 11) is 0. The topological polar surface area (TPSA) is 64.2 Å². The Kier molecular flexibility index (Phi) is 4.76. The lowest BCUT2D eigenvalue weighted by Crippen LogP contribution is -2.39. The molecular formula is C18H24N4O. The van der Waals surface area contributed by atoms with Gasteiger partial charge < -0.3 is 15.2 Å². The Morgan fingerprint density at radius 1 is 1.39 bits per heavy atom. The third-order valence-electron chi connectivity index (χ3n) is 4.65. The van der Waals surface area contributed by atoms with Gasteiger partial charge in [0.2, 0.25) is 5.91 Å². The van der Waals surface area contributed by atoms with E-state index in [1.54, 1.807) is 0 Å². The SMILES string of the molecule is Cc1nccn1CC1CCCN1C(=O)CC(N)c1ccccc1. The van der Waals surface area contributed by atoms with Gasteiger partial charge in [0.1, 0.15) is 5.82 Å². The van der Waals surface area contributed by atoms with Crippen molar-refractivity contribution in [3.8, 4) is 0 Å². The van der Waals surface area contributed by atoms with Gasteiger partial charge in [-0.15, -0.1) is 0 Å². The smallest absolute Gasteiger partial charge is 0.224 e. The van der Waals surface area contributed by atoms with Crippen LogP contribution in [0, 0.1) is 6.92 Å². The number of amides is 1. The number of nitrogens with zero attached hydrogens (tertiary/aromatic N) is 3. The number of nitrogens with two attached hydrogens (primary N) is 1. The van der Waals surface area contributed by atoms with E-state index in [1.807, 2.05) is 54.5 Å². The molecule has 1 saturated heterocycles. The second-order valence-corrected chi connectivity index (χ2v) is 6.23. The molecule has 1 fully saturated rings. The van der Waals surface area contributed by atoms with E-state index in [4.69, 9.17) is 5.73 Å². The molecule has 1 aliphatic rings. The number of hydrogen-bond donors (Lipinski definition) is 1. The molecular weight excluding hydrogens is 288 g/mol. The Balaban J connectivity index is 1.63. The van der Waals surface area contributed by atoms with Gasteiger partial charge in [0, 0.05) is 44.0 Å². The van der Waals surface area contributed by atoms with Gasteiger partial charge in [0.05, 0.1) is 0 Å². The zero-order valence-corrected chi connectivity index (χ0v) is 13.6. The predicted octanol–water partition coefficient (Wildman–Crippen LogP) is 2.27.